The molecule has 1 amide bonds. The zero-order chi connectivity index (χ0) is 14.7. The average Bonchev–Trinajstić information content (AvgIpc) is 2.43. The molecular formula is C16H24ClN2O+. The quantitative estimate of drug-likeness (QED) is 0.881. The van der Waals surface area contributed by atoms with E-state index in [9.17, 15) is 4.79 Å². The van der Waals surface area contributed by atoms with Gasteiger partial charge in [0.15, 0.2) is 6.04 Å². The molecule has 1 fully saturated rings. The number of hydrogen-bond donors (Lipinski definition) is 2. The standard InChI is InChI=1S/C16H23ClN2O/c1-11-6-5-9-19(10-11)13(3)16(20)18-15-8-4-7-14(17)12(15)2/h4,7-8,11,13H,5-6,9-10H2,1-3H3,(H,18,20)/p+1/t11-,13+/m0/s1. The van der Waals surface area contributed by atoms with Crippen LogP contribution in [0.4, 0.5) is 5.69 Å². The van der Waals surface area contributed by atoms with E-state index in [1.807, 2.05) is 32.0 Å². The Morgan fingerprint density at radius 1 is 1.50 bits per heavy atom. The Balaban J connectivity index is 2.02. The summed E-state index contributed by atoms with van der Waals surface area (Å²) in [5.41, 5.74) is 1.75. The minimum atomic E-state index is -0.0175. The summed E-state index contributed by atoms with van der Waals surface area (Å²) in [5, 5.41) is 3.71. The number of benzene rings is 1. The summed E-state index contributed by atoms with van der Waals surface area (Å²) in [7, 11) is 0. The van der Waals surface area contributed by atoms with Crippen LogP contribution in [0.2, 0.25) is 5.02 Å². The number of carbonyl (C=O) groups is 1. The Kier molecular flexibility index (Phi) is 5.06. The molecule has 1 aliphatic heterocycles. The smallest absolute Gasteiger partial charge is 0.282 e. The maximum atomic E-state index is 12.4. The van der Waals surface area contributed by atoms with Gasteiger partial charge < -0.3 is 10.2 Å². The van der Waals surface area contributed by atoms with Crippen LogP contribution in [-0.2, 0) is 4.79 Å². The lowest BCUT2D eigenvalue weighted by Gasteiger charge is -2.31. The van der Waals surface area contributed by atoms with E-state index in [1.54, 1.807) is 0 Å². The largest absolute Gasteiger partial charge is 0.325 e. The van der Waals surface area contributed by atoms with E-state index in [0.29, 0.717) is 10.9 Å². The summed E-state index contributed by atoms with van der Waals surface area (Å²) in [6.45, 7) is 8.39. The third kappa shape index (κ3) is 3.53. The maximum Gasteiger partial charge on any atom is 0.282 e. The average molecular weight is 296 g/mol. The summed E-state index contributed by atoms with van der Waals surface area (Å²) in [6, 6.07) is 5.59. The minimum Gasteiger partial charge on any atom is -0.325 e. The Morgan fingerprint density at radius 2 is 2.25 bits per heavy atom. The molecule has 1 heterocycles. The topological polar surface area (TPSA) is 33.5 Å². The van der Waals surface area contributed by atoms with E-state index >= 15 is 0 Å². The number of halogens is 1. The predicted octanol–water partition coefficient (Wildman–Crippen LogP) is 2.29. The van der Waals surface area contributed by atoms with E-state index in [-0.39, 0.29) is 11.9 Å². The third-order valence-electron chi connectivity index (χ3n) is 4.34. The van der Waals surface area contributed by atoms with Crippen LogP contribution in [0.25, 0.3) is 0 Å². The fourth-order valence-electron chi connectivity index (χ4n) is 2.89. The lowest BCUT2D eigenvalue weighted by molar-refractivity contribution is -0.922. The molecule has 1 aliphatic rings. The summed E-state index contributed by atoms with van der Waals surface area (Å²) in [5.74, 6) is 0.793. The van der Waals surface area contributed by atoms with Gasteiger partial charge in [-0.05, 0) is 44.4 Å². The van der Waals surface area contributed by atoms with Gasteiger partial charge in [0.05, 0.1) is 13.1 Å². The number of anilines is 1. The summed E-state index contributed by atoms with van der Waals surface area (Å²) in [4.78, 5) is 13.8. The van der Waals surface area contributed by atoms with Crippen LogP contribution < -0.4 is 10.2 Å². The zero-order valence-electron chi connectivity index (χ0n) is 12.5. The van der Waals surface area contributed by atoms with E-state index in [1.165, 1.54) is 17.7 Å². The van der Waals surface area contributed by atoms with E-state index in [4.69, 9.17) is 11.6 Å². The van der Waals surface area contributed by atoms with Crippen LogP contribution in [0.5, 0.6) is 0 Å². The number of nitrogens with one attached hydrogen (secondary N) is 2. The Hall–Kier alpha value is -1.06. The highest BCUT2D eigenvalue weighted by molar-refractivity contribution is 6.31. The molecule has 20 heavy (non-hydrogen) atoms. The fourth-order valence-corrected chi connectivity index (χ4v) is 3.07. The number of hydrogen-bond acceptors (Lipinski definition) is 1. The molecule has 0 saturated carbocycles. The van der Waals surface area contributed by atoms with E-state index < -0.39 is 0 Å². The maximum absolute atomic E-state index is 12.4. The molecular weight excluding hydrogens is 272 g/mol. The van der Waals surface area contributed by atoms with Crippen molar-refractivity contribution in [2.45, 2.75) is 39.7 Å². The second-order valence-electron chi connectivity index (χ2n) is 5.98. The van der Waals surface area contributed by atoms with Gasteiger partial charge in [0.25, 0.3) is 5.91 Å². The molecule has 0 aromatic heterocycles. The van der Waals surface area contributed by atoms with Crippen LogP contribution in [0.15, 0.2) is 18.2 Å². The first-order valence-corrected chi connectivity index (χ1v) is 7.77. The van der Waals surface area contributed by atoms with Crippen molar-refractivity contribution in [3.63, 3.8) is 0 Å². The molecule has 0 aliphatic carbocycles. The van der Waals surface area contributed by atoms with Crippen LogP contribution in [0.3, 0.4) is 0 Å². The Labute approximate surface area is 126 Å². The van der Waals surface area contributed by atoms with Crippen molar-refractivity contribution in [2.75, 3.05) is 18.4 Å². The molecule has 110 valence electrons. The first-order valence-electron chi connectivity index (χ1n) is 7.39. The minimum absolute atomic E-state index is 0.0175. The van der Waals surface area contributed by atoms with Gasteiger partial charge in [-0.2, -0.15) is 0 Å². The first-order chi connectivity index (χ1) is 9.49. The number of amides is 1. The van der Waals surface area contributed by atoms with Gasteiger partial charge in [0.2, 0.25) is 0 Å². The molecule has 1 saturated heterocycles. The second kappa shape index (κ2) is 6.59. The lowest BCUT2D eigenvalue weighted by atomic mass is 9.99. The van der Waals surface area contributed by atoms with Gasteiger partial charge in [-0.15, -0.1) is 0 Å². The Morgan fingerprint density at radius 3 is 2.95 bits per heavy atom. The second-order valence-corrected chi connectivity index (χ2v) is 6.39. The third-order valence-corrected chi connectivity index (χ3v) is 4.75. The van der Waals surface area contributed by atoms with Crippen LogP contribution >= 0.6 is 11.6 Å². The molecule has 3 atom stereocenters. The monoisotopic (exact) mass is 295 g/mol. The van der Waals surface area contributed by atoms with E-state index in [2.05, 4.69) is 12.2 Å². The highest BCUT2D eigenvalue weighted by Gasteiger charge is 2.29. The SMILES string of the molecule is Cc1c(Cl)cccc1NC(=O)[C@@H](C)[NH+]1CCC[C@H](C)C1. The van der Waals surface area contributed by atoms with Crippen LogP contribution in [0.1, 0.15) is 32.3 Å². The van der Waals surface area contributed by atoms with Crippen LogP contribution in [-0.4, -0.2) is 25.0 Å². The van der Waals surface area contributed by atoms with Gasteiger partial charge in [-0.3, -0.25) is 4.79 Å². The molecule has 2 rings (SSSR count). The normalized spacial score (nSPS) is 24.2. The summed E-state index contributed by atoms with van der Waals surface area (Å²) < 4.78 is 0. The van der Waals surface area contributed by atoms with Crippen LogP contribution in [0, 0.1) is 12.8 Å². The molecule has 0 spiro atoms. The lowest BCUT2D eigenvalue weighted by Crippen LogP contribution is -3.17. The van der Waals surface area contributed by atoms with Crippen molar-refractivity contribution < 1.29 is 9.69 Å². The number of rotatable bonds is 3. The van der Waals surface area contributed by atoms with Crippen molar-refractivity contribution in [1.82, 2.24) is 0 Å². The first kappa shape index (κ1) is 15.3. The van der Waals surface area contributed by atoms with Gasteiger partial charge in [0, 0.05) is 16.6 Å². The van der Waals surface area contributed by atoms with Crippen molar-refractivity contribution in [3.05, 3.63) is 28.8 Å². The number of quaternary nitrogens is 1. The van der Waals surface area contributed by atoms with E-state index in [0.717, 1.165) is 24.3 Å². The molecule has 4 heteroatoms. The molecule has 0 radical (unpaired) electrons. The van der Waals surface area contributed by atoms with Crippen molar-refractivity contribution in [1.29, 1.82) is 0 Å². The number of likely N-dealkylation sites (tertiary alicyclic amines) is 1. The van der Waals surface area contributed by atoms with Crippen molar-refractivity contribution >= 4 is 23.2 Å². The summed E-state index contributed by atoms with van der Waals surface area (Å²) >= 11 is 6.09. The highest BCUT2D eigenvalue weighted by Crippen LogP contribution is 2.22. The predicted molar refractivity (Wildman–Crippen MR) is 83.4 cm³/mol. The summed E-state index contributed by atoms with van der Waals surface area (Å²) in [6.07, 6.45) is 2.50. The van der Waals surface area contributed by atoms with Crippen molar-refractivity contribution in [3.8, 4) is 0 Å². The fraction of sp³-hybridized carbons (Fsp3) is 0.562. The molecule has 1 aromatic rings. The van der Waals surface area contributed by atoms with Gasteiger partial charge >= 0.3 is 0 Å². The molecule has 3 nitrogen and oxygen atoms in total. The van der Waals surface area contributed by atoms with Gasteiger partial charge in [0.1, 0.15) is 0 Å². The molecule has 0 bridgehead atoms. The van der Waals surface area contributed by atoms with Gasteiger partial charge in [-0.1, -0.05) is 24.6 Å². The number of piperidine rings is 1. The zero-order valence-corrected chi connectivity index (χ0v) is 13.3. The molecule has 2 N–H and O–H groups in total. The molecule has 1 aromatic carbocycles. The number of carbonyl (C=O) groups excluding carboxylic acids is 1. The Bertz CT molecular complexity index is 489. The van der Waals surface area contributed by atoms with Crippen molar-refractivity contribution in [2.24, 2.45) is 5.92 Å². The van der Waals surface area contributed by atoms with Gasteiger partial charge in [-0.25, -0.2) is 0 Å². The molecule has 1 unspecified atom stereocenters. The highest BCUT2D eigenvalue weighted by atomic mass is 35.5.